The lowest BCUT2D eigenvalue weighted by Crippen LogP contribution is -1.93. The second kappa shape index (κ2) is 3.90. The van der Waals surface area contributed by atoms with Gasteiger partial charge in [0.1, 0.15) is 11.5 Å². The van der Waals surface area contributed by atoms with Gasteiger partial charge in [-0.15, -0.1) is 0 Å². The zero-order chi connectivity index (χ0) is 8.97. The Morgan fingerprint density at radius 1 is 1.33 bits per heavy atom. The maximum Gasteiger partial charge on any atom is 0.133 e. The van der Waals surface area contributed by atoms with Crippen LogP contribution in [-0.4, -0.2) is 10.9 Å². The first-order valence-electron chi connectivity index (χ1n) is 3.81. The molecule has 0 aromatic heterocycles. The summed E-state index contributed by atoms with van der Waals surface area (Å²) in [4.78, 5) is 10.5. The molecule has 1 rings (SSSR count). The lowest BCUT2D eigenvalue weighted by Gasteiger charge is -1.98. The van der Waals surface area contributed by atoms with Crippen molar-refractivity contribution < 1.29 is 9.90 Å². The molecular weight excluding hydrogens is 152 g/mol. The van der Waals surface area contributed by atoms with Crippen LogP contribution in [0.5, 0.6) is 5.75 Å². The summed E-state index contributed by atoms with van der Waals surface area (Å²) < 4.78 is 0. The highest BCUT2D eigenvalue weighted by Gasteiger charge is 1.96. The fraction of sp³-hybridized carbons (Fsp3) is 0.200. The van der Waals surface area contributed by atoms with Crippen molar-refractivity contribution in [2.24, 2.45) is 0 Å². The maximum absolute atomic E-state index is 10.5. The Kier molecular flexibility index (Phi) is 2.86. The average molecular weight is 163 g/mol. The Labute approximate surface area is 71.8 Å². The molecule has 1 aromatic carbocycles. The zero-order valence-corrected chi connectivity index (χ0v) is 6.79. The summed E-state index contributed by atoms with van der Waals surface area (Å²) in [5.74, 6) is 0.197. The third kappa shape index (κ3) is 2.74. The Hall–Kier alpha value is -1.31. The van der Waals surface area contributed by atoms with Crippen molar-refractivity contribution in [2.75, 3.05) is 0 Å². The number of aromatic hydroxyl groups is 1. The Balaban J connectivity index is 2.53. The van der Waals surface area contributed by atoms with Gasteiger partial charge in [-0.25, -0.2) is 0 Å². The highest BCUT2D eigenvalue weighted by molar-refractivity contribution is 5.82. The van der Waals surface area contributed by atoms with E-state index in [1.54, 1.807) is 24.3 Å². The van der Waals surface area contributed by atoms with Crippen LogP contribution in [0.3, 0.4) is 0 Å². The average Bonchev–Trinajstić information content (AvgIpc) is 2.03. The van der Waals surface area contributed by atoms with Crippen molar-refractivity contribution in [1.29, 1.82) is 0 Å². The minimum Gasteiger partial charge on any atom is -0.508 e. The number of Topliss-reactive ketones (excluding diaryl/α,β-unsaturated/α-hetero) is 1. The molecule has 0 unspecified atom stereocenters. The number of phenolic OH excluding ortho intramolecular Hbond substituents is 1. The number of benzene rings is 1. The third-order valence-corrected chi connectivity index (χ3v) is 1.63. The highest BCUT2D eigenvalue weighted by atomic mass is 16.3. The van der Waals surface area contributed by atoms with Crippen LogP contribution < -0.4 is 0 Å². The summed E-state index contributed by atoms with van der Waals surface area (Å²) in [7, 11) is 0. The van der Waals surface area contributed by atoms with Crippen LogP contribution in [-0.2, 0) is 11.2 Å². The number of rotatable bonds is 3. The summed E-state index contributed by atoms with van der Waals surface area (Å²) in [6.07, 6.45) is 1.16. The molecule has 0 spiro atoms. The summed E-state index contributed by atoms with van der Waals surface area (Å²) in [5.41, 5.74) is 1.05. The first kappa shape index (κ1) is 8.78. The lowest BCUT2D eigenvalue weighted by molar-refractivity contribution is -0.114. The van der Waals surface area contributed by atoms with Crippen molar-refractivity contribution in [3.63, 3.8) is 0 Å². The van der Waals surface area contributed by atoms with Gasteiger partial charge in [0.05, 0.1) is 0 Å². The number of phenols is 1. The molecule has 0 atom stereocenters. The van der Waals surface area contributed by atoms with Crippen LogP contribution in [0.2, 0.25) is 0 Å². The monoisotopic (exact) mass is 163 g/mol. The number of carbonyl (C=O) groups is 1. The van der Waals surface area contributed by atoms with E-state index in [1.807, 2.05) is 0 Å². The molecule has 1 aromatic rings. The Bertz CT molecular complexity index is 262. The zero-order valence-electron chi connectivity index (χ0n) is 6.79. The fourth-order valence-corrected chi connectivity index (χ4v) is 0.946. The number of ketones is 1. The number of hydrogen-bond donors (Lipinski definition) is 1. The summed E-state index contributed by atoms with van der Waals surface area (Å²) in [5, 5.41) is 8.95. The van der Waals surface area contributed by atoms with Crippen LogP contribution in [0.1, 0.15) is 12.0 Å². The molecule has 1 N–H and O–H groups in total. The molecule has 2 nitrogen and oxygen atoms in total. The molecule has 0 fully saturated rings. The minimum atomic E-state index is -0.0527. The molecule has 0 bridgehead atoms. The molecule has 0 saturated carbocycles. The Morgan fingerprint density at radius 2 is 1.92 bits per heavy atom. The van der Waals surface area contributed by atoms with Gasteiger partial charge in [-0.2, -0.15) is 0 Å². The van der Waals surface area contributed by atoms with Crippen molar-refractivity contribution in [1.82, 2.24) is 0 Å². The second-order valence-electron chi connectivity index (χ2n) is 2.71. The topological polar surface area (TPSA) is 37.3 Å². The molecule has 0 aliphatic heterocycles. The smallest absolute Gasteiger partial charge is 0.133 e. The van der Waals surface area contributed by atoms with Crippen LogP contribution >= 0.6 is 0 Å². The number of hydrogen-bond acceptors (Lipinski definition) is 2. The predicted molar refractivity (Wildman–Crippen MR) is 46.8 cm³/mol. The quantitative estimate of drug-likeness (QED) is 0.736. The van der Waals surface area contributed by atoms with Crippen molar-refractivity contribution in [3.8, 4) is 5.75 Å². The van der Waals surface area contributed by atoms with E-state index in [2.05, 4.69) is 6.92 Å². The molecular formula is C10H11O2. The third-order valence-electron chi connectivity index (χ3n) is 1.63. The van der Waals surface area contributed by atoms with Gasteiger partial charge in [0, 0.05) is 13.3 Å². The van der Waals surface area contributed by atoms with E-state index in [0.29, 0.717) is 12.8 Å². The van der Waals surface area contributed by atoms with E-state index in [4.69, 9.17) is 5.11 Å². The Morgan fingerprint density at radius 3 is 2.42 bits per heavy atom. The molecule has 12 heavy (non-hydrogen) atoms. The first-order valence-corrected chi connectivity index (χ1v) is 3.81. The molecule has 2 heteroatoms. The molecule has 0 amide bonds. The van der Waals surface area contributed by atoms with Crippen LogP contribution in [0.25, 0.3) is 0 Å². The van der Waals surface area contributed by atoms with E-state index >= 15 is 0 Å². The van der Waals surface area contributed by atoms with E-state index in [-0.39, 0.29) is 11.5 Å². The fourth-order valence-electron chi connectivity index (χ4n) is 0.946. The summed E-state index contributed by atoms with van der Waals surface area (Å²) in [6.45, 7) is 3.28. The molecule has 63 valence electrons. The van der Waals surface area contributed by atoms with E-state index in [1.165, 1.54) is 0 Å². The predicted octanol–water partition coefficient (Wildman–Crippen LogP) is 1.73. The van der Waals surface area contributed by atoms with Crippen molar-refractivity contribution >= 4 is 5.78 Å². The summed E-state index contributed by atoms with van der Waals surface area (Å²) in [6, 6.07) is 6.84. The van der Waals surface area contributed by atoms with Gasteiger partial charge in [0.15, 0.2) is 0 Å². The maximum atomic E-state index is 10.5. The van der Waals surface area contributed by atoms with Gasteiger partial charge in [-0.1, -0.05) is 12.1 Å². The van der Waals surface area contributed by atoms with Gasteiger partial charge in [0.2, 0.25) is 0 Å². The van der Waals surface area contributed by atoms with Gasteiger partial charge >= 0.3 is 0 Å². The normalized spacial score (nSPS) is 9.75. The molecule has 1 radical (unpaired) electrons. The molecule has 0 aliphatic rings. The number of aryl methyl sites for hydroxylation is 1. The van der Waals surface area contributed by atoms with Gasteiger partial charge < -0.3 is 5.11 Å². The molecule has 0 saturated heterocycles. The standard InChI is InChI=1S/C10H11O2/c1-8(11)2-3-9-4-6-10(12)7-5-9/h4-7,12H,1-3H2. The van der Waals surface area contributed by atoms with E-state index in [0.717, 1.165) is 5.56 Å². The lowest BCUT2D eigenvalue weighted by atomic mass is 10.1. The highest BCUT2D eigenvalue weighted by Crippen LogP contribution is 2.10. The van der Waals surface area contributed by atoms with Crippen LogP contribution in [0.4, 0.5) is 0 Å². The first-order chi connectivity index (χ1) is 5.68. The van der Waals surface area contributed by atoms with Crippen molar-refractivity contribution in [3.05, 3.63) is 36.8 Å². The van der Waals surface area contributed by atoms with Crippen molar-refractivity contribution in [2.45, 2.75) is 12.8 Å². The molecule has 0 aliphatic carbocycles. The minimum absolute atomic E-state index is 0.0527. The van der Waals surface area contributed by atoms with Gasteiger partial charge in [-0.3, -0.25) is 4.79 Å². The second-order valence-corrected chi connectivity index (χ2v) is 2.71. The van der Waals surface area contributed by atoms with Gasteiger partial charge in [-0.05, 0) is 24.1 Å². The molecule has 0 heterocycles. The van der Waals surface area contributed by atoms with E-state index < -0.39 is 0 Å². The summed E-state index contributed by atoms with van der Waals surface area (Å²) >= 11 is 0. The number of carbonyl (C=O) groups excluding carboxylic acids is 1. The largest absolute Gasteiger partial charge is 0.508 e. The van der Waals surface area contributed by atoms with Crippen LogP contribution in [0.15, 0.2) is 24.3 Å². The van der Waals surface area contributed by atoms with Gasteiger partial charge in [0.25, 0.3) is 0 Å². The van der Waals surface area contributed by atoms with Crippen LogP contribution in [0, 0.1) is 6.92 Å². The van der Waals surface area contributed by atoms with E-state index in [9.17, 15) is 4.79 Å². The SMILES string of the molecule is [CH2]C(=O)CCc1ccc(O)cc1.